The summed E-state index contributed by atoms with van der Waals surface area (Å²) in [4.78, 5) is 10.9. The average Bonchev–Trinajstić information content (AvgIpc) is 2.75. The predicted octanol–water partition coefficient (Wildman–Crippen LogP) is 9.79. The highest BCUT2D eigenvalue weighted by molar-refractivity contribution is 5.81. The average molecular weight is 497 g/mol. The molecule has 0 amide bonds. The minimum absolute atomic E-state index is 0.0540. The number of carboxylic acid groups (broad SMARTS) is 1. The van der Waals surface area contributed by atoms with Crippen LogP contribution in [-0.2, 0) is 15.6 Å². The van der Waals surface area contributed by atoms with Gasteiger partial charge in [-0.1, -0.05) is 112 Å². The molecule has 0 atom stereocenters. The lowest BCUT2D eigenvalue weighted by atomic mass is 9.77. The summed E-state index contributed by atoms with van der Waals surface area (Å²) in [5.74, 6) is 0.121. The lowest BCUT2D eigenvalue weighted by Gasteiger charge is -2.31. The minimum Gasteiger partial charge on any atom is -0.493 e. The summed E-state index contributed by atoms with van der Waals surface area (Å²) in [7, 11) is 0. The summed E-state index contributed by atoms with van der Waals surface area (Å²) >= 11 is 0. The molecule has 1 rings (SSSR count). The standard InChI is InChI=1S/C33H52O3/c1-10-11-12-13-14-15-16-17-21-36-31-28(32(4,5)6)23-27(24-29(31)33(7,8)9)26(3)20-18-19-25(2)22-30(34)35/h18-20,22-24H,10-17,21H2,1-9H3,(H,34,35)/b19-18+,25-22+,26-20+. The van der Waals surface area contributed by atoms with Gasteiger partial charge in [0.1, 0.15) is 5.75 Å². The van der Waals surface area contributed by atoms with Crippen molar-refractivity contribution in [2.75, 3.05) is 6.61 Å². The normalized spacial score (nSPS) is 13.5. The Kier molecular flexibility index (Phi) is 13.3. The quantitative estimate of drug-likeness (QED) is 0.158. The molecule has 0 aliphatic heterocycles. The number of aliphatic carboxylic acids is 1. The van der Waals surface area contributed by atoms with Crippen molar-refractivity contribution in [3.63, 3.8) is 0 Å². The van der Waals surface area contributed by atoms with Crippen LogP contribution < -0.4 is 4.74 Å². The third-order valence-corrected chi connectivity index (χ3v) is 6.46. The monoisotopic (exact) mass is 496 g/mol. The molecule has 0 aliphatic rings. The van der Waals surface area contributed by atoms with Gasteiger partial charge in [-0.3, -0.25) is 0 Å². The van der Waals surface area contributed by atoms with E-state index in [1.165, 1.54) is 67.7 Å². The second kappa shape index (κ2) is 15.1. The fraction of sp³-hybridized carbons (Fsp3) is 0.606. The lowest BCUT2D eigenvalue weighted by Crippen LogP contribution is -2.20. The van der Waals surface area contributed by atoms with Crippen molar-refractivity contribution in [2.24, 2.45) is 0 Å². The smallest absolute Gasteiger partial charge is 0.328 e. The predicted molar refractivity (Wildman–Crippen MR) is 156 cm³/mol. The summed E-state index contributed by atoms with van der Waals surface area (Å²) in [6.07, 6.45) is 17.3. The number of unbranched alkanes of at least 4 members (excludes halogenated alkanes) is 7. The summed E-state index contributed by atoms with van der Waals surface area (Å²) in [6, 6.07) is 4.55. The van der Waals surface area contributed by atoms with Gasteiger partial charge in [-0.25, -0.2) is 4.79 Å². The van der Waals surface area contributed by atoms with Crippen LogP contribution in [0.25, 0.3) is 5.57 Å². The maximum absolute atomic E-state index is 10.9. The molecule has 1 N–H and O–H groups in total. The van der Waals surface area contributed by atoms with Crippen molar-refractivity contribution < 1.29 is 14.6 Å². The third kappa shape index (κ3) is 11.6. The first-order chi connectivity index (χ1) is 16.8. The van der Waals surface area contributed by atoms with Crippen LogP contribution in [0, 0.1) is 0 Å². The number of carbonyl (C=O) groups is 1. The first-order valence-electron chi connectivity index (χ1n) is 13.9. The number of ether oxygens (including phenoxy) is 1. The Hall–Kier alpha value is -2.29. The van der Waals surface area contributed by atoms with Gasteiger partial charge in [0.2, 0.25) is 0 Å². The minimum atomic E-state index is -0.926. The Morgan fingerprint density at radius 1 is 0.861 bits per heavy atom. The molecule has 0 radical (unpaired) electrons. The number of rotatable bonds is 14. The molecule has 0 unspecified atom stereocenters. The summed E-state index contributed by atoms with van der Waals surface area (Å²) < 4.78 is 6.55. The maximum atomic E-state index is 10.9. The molecule has 202 valence electrons. The Balaban J connectivity index is 3.15. The Bertz CT molecular complexity index is 882. The second-order valence-electron chi connectivity index (χ2n) is 12.2. The molecule has 1 aromatic carbocycles. The van der Waals surface area contributed by atoms with Gasteiger partial charge in [-0.2, -0.15) is 0 Å². The zero-order valence-electron chi connectivity index (χ0n) is 24.6. The molecular weight excluding hydrogens is 444 g/mol. The molecule has 0 aromatic heterocycles. The molecule has 0 fully saturated rings. The van der Waals surface area contributed by atoms with E-state index in [0.717, 1.165) is 24.4 Å². The first-order valence-corrected chi connectivity index (χ1v) is 13.9. The Morgan fingerprint density at radius 3 is 1.83 bits per heavy atom. The summed E-state index contributed by atoms with van der Waals surface area (Å²) in [5, 5.41) is 8.92. The summed E-state index contributed by atoms with van der Waals surface area (Å²) in [5.41, 5.74) is 5.39. The van der Waals surface area contributed by atoms with Gasteiger partial charge in [-0.15, -0.1) is 0 Å². The van der Waals surface area contributed by atoms with Gasteiger partial charge in [0.15, 0.2) is 0 Å². The van der Waals surface area contributed by atoms with Crippen molar-refractivity contribution >= 4 is 11.5 Å². The van der Waals surface area contributed by atoms with E-state index in [2.05, 4.69) is 73.6 Å². The van der Waals surface area contributed by atoms with Crippen LogP contribution in [0.4, 0.5) is 0 Å². The van der Waals surface area contributed by atoms with Crippen LogP contribution in [0.5, 0.6) is 5.75 Å². The van der Waals surface area contributed by atoms with Gasteiger partial charge >= 0.3 is 5.97 Å². The number of hydrogen-bond donors (Lipinski definition) is 1. The fourth-order valence-corrected chi connectivity index (χ4v) is 4.22. The highest BCUT2D eigenvalue weighted by atomic mass is 16.5. The van der Waals surface area contributed by atoms with Crippen LogP contribution in [0.3, 0.4) is 0 Å². The molecule has 0 aliphatic carbocycles. The van der Waals surface area contributed by atoms with E-state index in [1.807, 2.05) is 12.2 Å². The molecule has 3 heteroatoms. The van der Waals surface area contributed by atoms with Crippen LogP contribution in [0.1, 0.15) is 130 Å². The molecule has 0 heterocycles. The van der Waals surface area contributed by atoms with E-state index in [1.54, 1.807) is 6.92 Å². The van der Waals surface area contributed by atoms with Crippen LogP contribution >= 0.6 is 0 Å². The molecule has 1 aromatic rings. The maximum Gasteiger partial charge on any atom is 0.328 e. The molecule has 0 saturated heterocycles. The zero-order chi connectivity index (χ0) is 27.4. The number of allylic oxidation sites excluding steroid dienone is 5. The van der Waals surface area contributed by atoms with Crippen molar-refractivity contribution in [3.05, 3.63) is 58.7 Å². The van der Waals surface area contributed by atoms with Crippen molar-refractivity contribution in [1.82, 2.24) is 0 Å². The van der Waals surface area contributed by atoms with Crippen LogP contribution in [0.15, 0.2) is 42.0 Å². The van der Waals surface area contributed by atoms with Gasteiger partial charge in [-0.05, 0) is 59.9 Å². The van der Waals surface area contributed by atoms with E-state index in [-0.39, 0.29) is 10.8 Å². The van der Waals surface area contributed by atoms with Crippen molar-refractivity contribution in [3.8, 4) is 5.75 Å². The topological polar surface area (TPSA) is 46.5 Å². The lowest BCUT2D eigenvalue weighted by molar-refractivity contribution is -0.131. The van der Waals surface area contributed by atoms with Gasteiger partial charge in [0.25, 0.3) is 0 Å². The molecule has 3 nitrogen and oxygen atoms in total. The Morgan fingerprint density at radius 2 is 1.36 bits per heavy atom. The second-order valence-corrected chi connectivity index (χ2v) is 12.2. The van der Waals surface area contributed by atoms with E-state index in [0.29, 0.717) is 5.57 Å². The van der Waals surface area contributed by atoms with E-state index in [9.17, 15) is 4.79 Å². The van der Waals surface area contributed by atoms with E-state index >= 15 is 0 Å². The fourth-order valence-electron chi connectivity index (χ4n) is 4.22. The molecule has 0 spiro atoms. The Labute approximate surface area is 221 Å². The van der Waals surface area contributed by atoms with Gasteiger partial charge in [0.05, 0.1) is 6.61 Å². The SMILES string of the molecule is CCCCCCCCCCOc1c(C(C)(C)C)cc(/C(C)=C/C=C/C(C)=C/C(=O)O)cc1C(C)(C)C. The first kappa shape index (κ1) is 31.7. The van der Waals surface area contributed by atoms with E-state index in [4.69, 9.17) is 9.84 Å². The van der Waals surface area contributed by atoms with E-state index < -0.39 is 5.97 Å². The third-order valence-electron chi connectivity index (χ3n) is 6.46. The molecular formula is C33H52O3. The largest absolute Gasteiger partial charge is 0.493 e. The molecule has 0 saturated carbocycles. The van der Waals surface area contributed by atoms with Crippen LogP contribution in [-0.4, -0.2) is 17.7 Å². The zero-order valence-corrected chi connectivity index (χ0v) is 24.6. The van der Waals surface area contributed by atoms with Gasteiger partial charge in [0, 0.05) is 17.2 Å². The van der Waals surface area contributed by atoms with Crippen molar-refractivity contribution in [2.45, 2.75) is 125 Å². The van der Waals surface area contributed by atoms with Gasteiger partial charge < -0.3 is 9.84 Å². The van der Waals surface area contributed by atoms with Crippen molar-refractivity contribution in [1.29, 1.82) is 0 Å². The number of benzene rings is 1. The highest BCUT2D eigenvalue weighted by Crippen LogP contribution is 2.42. The molecule has 0 bridgehead atoms. The number of hydrogen-bond acceptors (Lipinski definition) is 2. The van der Waals surface area contributed by atoms with Crippen LogP contribution in [0.2, 0.25) is 0 Å². The molecule has 36 heavy (non-hydrogen) atoms. The highest BCUT2D eigenvalue weighted by Gasteiger charge is 2.28. The summed E-state index contributed by atoms with van der Waals surface area (Å²) in [6.45, 7) is 20.4. The number of carboxylic acids is 1.